The van der Waals surface area contributed by atoms with Crippen molar-refractivity contribution >= 4 is 12.2 Å². The van der Waals surface area contributed by atoms with Crippen molar-refractivity contribution in [3.63, 3.8) is 0 Å². The number of aromatic nitrogens is 2. The molecule has 0 spiro atoms. The molecule has 0 amide bonds. The zero-order valence-corrected chi connectivity index (χ0v) is 12.0. The maximum Gasteiger partial charge on any atom is 0.221 e. The Bertz CT molecular complexity index is 877. The van der Waals surface area contributed by atoms with Crippen molar-refractivity contribution in [3.05, 3.63) is 54.2 Å². The van der Waals surface area contributed by atoms with Gasteiger partial charge in [0.2, 0.25) is 5.95 Å². The molecule has 3 rings (SSSR count). The van der Waals surface area contributed by atoms with Crippen LogP contribution in [0.5, 0.6) is 11.5 Å². The summed E-state index contributed by atoms with van der Waals surface area (Å²) in [7, 11) is 0. The first-order chi connectivity index (χ1) is 11.1. The fourth-order valence-electron chi connectivity index (χ4n) is 2.26. The van der Waals surface area contributed by atoms with Crippen molar-refractivity contribution in [1.82, 2.24) is 9.97 Å². The highest BCUT2D eigenvalue weighted by Crippen LogP contribution is 2.33. The standard InChI is InChI=1S/C17H13N3O3/c18-17-19-12(9-21)8-15(20-17)14-7-11(3-6-16(14)23)10-1-4-13(22)5-2-10/h1-9,22-23H,(H2,18,19,20). The van der Waals surface area contributed by atoms with E-state index in [4.69, 9.17) is 5.73 Å². The van der Waals surface area contributed by atoms with Gasteiger partial charge in [-0.2, -0.15) is 0 Å². The number of hydrogen-bond acceptors (Lipinski definition) is 6. The largest absolute Gasteiger partial charge is 0.508 e. The molecule has 6 nitrogen and oxygen atoms in total. The van der Waals surface area contributed by atoms with Crippen molar-refractivity contribution in [1.29, 1.82) is 0 Å². The number of aldehydes is 1. The van der Waals surface area contributed by atoms with Crippen LogP contribution in [-0.2, 0) is 0 Å². The third kappa shape index (κ3) is 2.96. The Morgan fingerprint density at radius 3 is 2.30 bits per heavy atom. The topological polar surface area (TPSA) is 109 Å². The van der Waals surface area contributed by atoms with Gasteiger partial charge in [0.25, 0.3) is 0 Å². The van der Waals surface area contributed by atoms with E-state index in [-0.39, 0.29) is 23.1 Å². The van der Waals surface area contributed by atoms with Crippen molar-refractivity contribution in [2.24, 2.45) is 0 Å². The molecule has 1 heterocycles. The number of phenols is 2. The molecular formula is C17H13N3O3. The first kappa shape index (κ1) is 14.5. The van der Waals surface area contributed by atoms with E-state index in [9.17, 15) is 15.0 Å². The molecule has 0 unspecified atom stereocenters. The molecule has 1 aromatic heterocycles. The maximum absolute atomic E-state index is 10.9. The average Bonchev–Trinajstić information content (AvgIpc) is 2.55. The molecule has 6 heteroatoms. The number of benzene rings is 2. The molecule has 0 saturated heterocycles. The molecule has 0 radical (unpaired) electrons. The Morgan fingerprint density at radius 2 is 1.61 bits per heavy atom. The van der Waals surface area contributed by atoms with Crippen molar-refractivity contribution in [2.75, 3.05) is 5.73 Å². The van der Waals surface area contributed by atoms with Crippen LogP contribution in [0.15, 0.2) is 48.5 Å². The first-order valence-corrected chi connectivity index (χ1v) is 6.79. The van der Waals surface area contributed by atoms with Gasteiger partial charge in [0.15, 0.2) is 6.29 Å². The number of carbonyl (C=O) groups is 1. The molecule has 0 aliphatic heterocycles. The second-order valence-corrected chi connectivity index (χ2v) is 4.93. The molecule has 0 bridgehead atoms. The Labute approximate surface area is 131 Å². The van der Waals surface area contributed by atoms with Crippen LogP contribution in [-0.4, -0.2) is 26.5 Å². The lowest BCUT2D eigenvalue weighted by Gasteiger charge is -2.09. The molecule has 114 valence electrons. The summed E-state index contributed by atoms with van der Waals surface area (Å²) in [5.41, 5.74) is 8.22. The molecule has 2 aromatic carbocycles. The number of rotatable bonds is 3. The van der Waals surface area contributed by atoms with Gasteiger partial charge in [-0.1, -0.05) is 18.2 Å². The zero-order chi connectivity index (χ0) is 16.4. The number of nitrogens with zero attached hydrogens (tertiary/aromatic N) is 2. The second-order valence-electron chi connectivity index (χ2n) is 4.93. The summed E-state index contributed by atoms with van der Waals surface area (Å²) in [5, 5.41) is 19.5. The molecule has 23 heavy (non-hydrogen) atoms. The van der Waals surface area contributed by atoms with Gasteiger partial charge in [0.1, 0.15) is 17.2 Å². The van der Waals surface area contributed by atoms with E-state index in [0.29, 0.717) is 17.5 Å². The maximum atomic E-state index is 10.9. The van der Waals surface area contributed by atoms with Gasteiger partial charge in [-0.3, -0.25) is 4.79 Å². The quantitative estimate of drug-likeness (QED) is 0.642. The molecule has 0 saturated carbocycles. The second kappa shape index (κ2) is 5.76. The summed E-state index contributed by atoms with van der Waals surface area (Å²) in [5.74, 6) is 0.147. The van der Waals surface area contributed by atoms with E-state index >= 15 is 0 Å². The molecule has 0 aliphatic carbocycles. The average molecular weight is 307 g/mol. The number of carbonyl (C=O) groups excluding carboxylic acids is 1. The van der Waals surface area contributed by atoms with Crippen LogP contribution in [0.3, 0.4) is 0 Å². The van der Waals surface area contributed by atoms with Gasteiger partial charge in [-0.25, -0.2) is 9.97 Å². The minimum atomic E-state index is -0.0426. The van der Waals surface area contributed by atoms with Crippen LogP contribution >= 0.6 is 0 Å². The van der Waals surface area contributed by atoms with Crippen LogP contribution in [0.1, 0.15) is 10.5 Å². The number of aromatic hydroxyl groups is 2. The lowest BCUT2D eigenvalue weighted by atomic mass is 10.0. The summed E-state index contributed by atoms with van der Waals surface area (Å²) < 4.78 is 0. The van der Waals surface area contributed by atoms with Gasteiger partial charge in [-0.05, 0) is 41.5 Å². The van der Waals surface area contributed by atoms with Gasteiger partial charge in [0, 0.05) is 5.56 Å². The Kier molecular flexibility index (Phi) is 3.64. The predicted molar refractivity (Wildman–Crippen MR) is 86.0 cm³/mol. The van der Waals surface area contributed by atoms with Gasteiger partial charge >= 0.3 is 0 Å². The molecule has 0 aliphatic rings. The summed E-state index contributed by atoms with van der Waals surface area (Å²) >= 11 is 0. The minimum absolute atomic E-state index is 0.0162. The monoisotopic (exact) mass is 307 g/mol. The van der Waals surface area contributed by atoms with Crippen LogP contribution in [0.4, 0.5) is 5.95 Å². The highest BCUT2D eigenvalue weighted by molar-refractivity contribution is 5.80. The lowest BCUT2D eigenvalue weighted by molar-refractivity contribution is 0.111. The third-order valence-electron chi connectivity index (χ3n) is 3.36. The van der Waals surface area contributed by atoms with Gasteiger partial charge in [-0.15, -0.1) is 0 Å². The lowest BCUT2D eigenvalue weighted by Crippen LogP contribution is -2.00. The normalized spacial score (nSPS) is 10.4. The summed E-state index contributed by atoms with van der Waals surface area (Å²) in [4.78, 5) is 18.8. The van der Waals surface area contributed by atoms with E-state index < -0.39 is 0 Å². The fourth-order valence-corrected chi connectivity index (χ4v) is 2.26. The summed E-state index contributed by atoms with van der Waals surface area (Å²) in [6, 6.07) is 13.2. The summed E-state index contributed by atoms with van der Waals surface area (Å²) in [6.07, 6.45) is 0.572. The first-order valence-electron chi connectivity index (χ1n) is 6.79. The molecule has 3 aromatic rings. The Balaban J connectivity index is 2.13. The van der Waals surface area contributed by atoms with Crippen LogP contribution < -0.4 is 5.73 Å². The molecular weight excluding hydrogens is 294 g/mol. The van der Waals surface area contributed by atoms with Crippen LogP contribution in [0.2, 0.25) is 0 Å². The predicted octanol–water partition coefficient (Wildman–Crippen LogP) is 2.62. The minimum Gasteiger partial charge on any atom is -0.508 e. The van der Waals surface area contributed by atoms with Crippen molar-refractivity contribution in [3.8, 4) is 33.9 Å². The smallest absolute Gasteiger partial charge is 0.221 e. The van der Waals surface area contributed by atoms with Crippen molar-refractivity contribution < 1.29 is 15.0 Å². The van der Waals surface area contributed by atoms with Gasteiger partial charge in [0.05, 0.1) is 5.69 Å². The number of nitrogens with two attached hydrogens (primary N) is 1. The zero-order valence-electron chi connectivity index (χ0n) is 12.0. The Morgan fingerprint density at radius 1 is 0.913 bits per heavy atom. The van der Waals surface area contributed by atoms with Crippen molar-refractivity contribution in [2.45, 2.75) is 0 Å². The van der Waals surface area contributed by atoms with Crippen LogP contribution in [0.25, 0.3) is 22.4 Å². The summed E-state index contributed by atoms with van der Waals surface area (Å²) in [6.45, 7) is 0. The molecule has 0 atom stereocenters. The van der Waals surface area contributed by atoms with E-state index in [2.05, 4.69) is 9.97 Å². The van der Waals surface area contributed by atoms with E-state index in [1.807, 2.05) is 0 Å². The van der Waals surface area contributed by atoms with E-state index in [0.717, 1.165) is 11.1 Å². The molecule has 0 fully saturated rings. The number of hydrogen-bond donors (Lipinski definition) is 3. The number of phenolic OH excluding ortho intramolecular Hbond substituents is 2. The Hall–Kier alpha value is -3.41. The fraction of sp³-hybridized carbons (Fsp3) is 0. The number of nitrogen functional groups attached to an aromatic ring is 1. The highest BCUT2D eigenvalue weighted by Gasteiger charge is 2.11. The van der Waals surface area contributed by atoms with E-state index in [1.54, 1.807) is 36.4 Å². The van der Waals surface area contributed by atoms with Gasteiger partial charge < -0.3 is 15.9 Å². The van der Waals surface area contributed by atoms with E-state index in [1.165, 1.54) is 12.1 Å². The highest BCUT2D eigenvalue weighted by atomic mass is 16.3. The molecule has 4 N–H and O–H groups in total. The third-order valence-corrected chi connectivity index (χ3v) is 3.36. The SMILES string of the molecule is Nc1nc(C=O)cc(-c2cc(-c3ccc(O)cc3)ccc2O)n1. The number of anilines is 1. The van der Waals surface area contributed by atoms with Crippen LogP contribution in [0, 0.1) is 0 Å².